The first kappa shape index (κ1) is 14.1. The topological polar surface area (TPSA) is 29.5 Å². The maximum absolute atomic E-state index is 12.2. The molecular weight excluding hydrogens is 278 g/mol. The number of hydrogen-bond acceptors (Lipinski definition) is 4. The molecule has 3 nitrogen and oxygen atoms in total. The summed E-state index contributed by atoms with van der Waals surface area (Å²) in [7, 11) is 1.62. The van der Waals surface area contributed by atoms with E-state index < -0.39 is 0 Å². The SMILES string of the molecule is CCCN1C(=O)/C(=C/c2cccc(OC)c2)SC1=S. The van der Waals surface area contributed by atoms with Gasteiger partial charge in [0.2, 0.25) is 0 Å². The van der Waals surface area contributed by atoms with Crippen molar-refractivity contribution in [2.75, 3.05) is 13.7 Å². The van der Waals surface area contributed by atoms with Gasteiger partial charge in [-0.3, -0.25) is 9.69 Å². The molecule has 1 aromatic carbocycles. The molecule has 0 N–H and O–H groups in total. The Hall–Kier alpha value is -1.33. The van der Waals surface area contributed by atoms with Gasteiger partial charge < -0.3 is 4.74 Å². The Bertz CT molecular complexity index is 540. The van der Waals surface area contributed by atoms with Gasteiger partial charge in [0, 0.05) is 6.54 Å². The second-order valence-electron chi connectivity index (χ2n) is 4.11. The Morgan fingerprint density at radius 3 is 2.95 bits per heavy atom. The molecule has 0 aliphatic carbocycles. The zero-order chi connectivity index (χ0) is 13.8. The molecule has 1 aromatic rings. The van der Waals surface area contributed by atoms with Crippen molar-refractivity contribution in [1.82, 2.24) is 4.90 Å². The zero-order valence-corrected chi connectivity index (χ0v) is 12.5. The second kappa shape index (κ2) is 6.21. The predicted octanol–water partition coefficient (Wildman–Crippen LogP) is 3.31. The third-order valence-corrected chi connectivity index (χ3v) is 4.09. The normalized spacial score (nSPS) is 17.4. The van der Waals surface area contributed by atoms with E-state index in [0.29, 0.717) is 15.8 Å². The molecule has 0 saturated carbocycles. The van der Waals surface area contributed by atoms with E-state index in [0.717, 1.165) is 17.7 Å². The molecule has 100 valence electrons. The molecule has 1 saturated heterocycles. The summed E-state index contributed by atoms with van der Waals surface area (Å²) in [5, 5.41) is 0. The molecule has 19 heavy (non-hydrogen) atoms. The first-order valence-electron chi connectivity index (χ1n) is 6.05. The van der Waals surface area contributed by atoms with Crippen LogP contribution in [-0.4, -0.2) is 28.8 Å². The van der Waals surface area contributed by atoms with Crippen LogP contribution in [0.1, 0.15) is 18.9 Å². The number of thioether (sulfide) groups is 1. The maximum atomic E-state index is 12.2. The minimum Gasteiger partial charge on any atom is -0.497 e. The first-order chi connectivity index (χ1) is 9.15. The Morgan fingerprint density at radius 1 is 1.47 bits per heavy atom. The summed E-state index contributed by atoms with van der Waals surface area (Å²) in [5.41, 5.74) is 0.941. The van der Waals surface area contributed by atoms with Crippen molar-refractivity contribution in [3.63, 3.8) is 0 Å². The van der Waals surface area contributed by atoms with Crippen LogP contribution in [0.4, 0.5) is 0 Å². The van der Waals surface area contributed by atoms with Crippen molar-refractivity contribution < 1.29 is 9.53 Å². The van der Waals surface area contributed by atoms with E-state index >= 15 is 0 Å². The van der Waals surface area contributed by atoms with Crippen molar-refractivity contribution in [2.24, 2.45) is 0 Å². The number of rotatable bonds is 4. The standard InChI is InChI=1S/C14H15NO2S2/c1-3-7-15-13(16)12(19-14(15)18)9-10-5-4-6-11(8-10)17-2/h4-6,8-9H,3,7H2,1-2H3/b12-9-. The van der Waals surface area contributed by atoms with E-state index in [1.165, 1.54) is 11.8 Å². The summed E-state index contributed by atoms with van der Waals surface area (Å²) in [6, 6.07) is 7.61. The molecule has 5 heteroatoms. The molecular formula is C14H15NO2S2. The van der Waals surface area contributed by atoms with E-state index in [2.05, 4.69) is 0 Å². The van der Waals surface area contributed by atoms with Crippen LogP contribution in [0.25, 0.3) is 6.08 Å². The Balaban J connectivity index is 2.24. The number of hydrogen-bond donors (Lipinski definition) is 0. The van der Waals surface area contributed by atoms with Crippen molar-refractivity contribution >= 4 is 40.3 Å². The van der Waals surface area contributed by atoms with E-state index in [-0.39, 0.29) is 5.91 Å². The highest BCUT2D eigenvalue weighted by Gasteiger charge is 2.31. The Labute approximate surface area is 122 Å². The van der Waals surface area contributed by atoms with Gasteiger partial charge in [-0.1, -0.05) is 43.0 Å². The molecule has 0 radical (unpaired) electrons. The molecule has 0 aromatic heterocycles. The maximum Gasteiger partial charge on any atom is 0.266 e. The number of carbonyl (C=O) groups excluding carboxylic acids is 1. The van der Waals surface area contributed by atoms with E-state index in [9.17, 15) is 4.79 Å². The molecule has 0 atom stereocenters. The van der Waals surface area contributed by atoms with Gasteiger partial charge in [0.25, 0.3) is 5.91 Å². The fraction of sp³-hybridized carbons (Fsp3) is 0.286. The number of nitrogens with zero attached hydrogens (tertiary/aromatic N) is 1. The van der Waals surface area contributed by atoms with Crippen LogP contribution < -0.4 is 4.74 Å². The molecule has 1 amide bonds. The molecule has 0 unspecified atom stereocenters. The largest absolute Gasteiger partial charge is 0.497 e. The highest BCUT2D eigenvalue weighted by Crippen LogP contribution is 2.32. The number of methoxy groups -OCH3 is 1. The highest BCUT2D eigenvalue weighted by atomic mass is 32.2. The van der Waals surface area contributed by atoms with Crippen molar-refractivity contribution in [2.45, 2.75) is 13.3 Å². The van der Waals surface area contributed by atoms with Crippen LogP contribution in [-0.2, 0) is 4.79 Å². The summed E-state index contributed by atoms with van der Waals surface area (Å²) >= 11 is 6.59. The molecule has 1 fully saturated rings. The summed E-state index contributed by atoms with van der Waals surface area (Å²) in [6.45, 7) is 2.71. The fourth-order valence-electron chi connectivity index (χ4n) is 1.80. The van der Waals surface area contributed by atoms with Crippen LogP contribution in [0, 0.1) is 0 Å². The van der Waals surface area contributed by atoms with Crippen LogP contribution in [0.3, 0.4) is 0 Å². The highest BCUT2D eigenvalue weighted by molar-refractivity contribution is 8.26. The molecule has 0 spiro atoms. The minimum absolute atomic E-state index is 0.000306. The minimum atomic E-state index is -0.000306. The van der Waals surface area contributed by atoms with Gasteiger partial charge in [0.1, 0.15) is 10.1 Å². The third kappa shape index (κ3) is 3.16. The first-order valence-corrected chi connectivity index (χ1v) is 7.27. The summed E-state index contributed by atoms with van der Waals surface area (Å²) in [6.07, 6.45) is 2.76. The average Bonchev–Trinajstić information content (AvgIpc) is 2.67. The number of amides is 1. The van der Waals surface area contributed by atoms with Crippen molar-refractivity contribution in [3.8, 4) is 5.75 Å². The van der Waals surface area contributed by atoms with Gasteiger partial charge in [-0.2, -0.15) is 0 Å². The average molecular weight is 293 g/mol. The van der Waals surface area contributed by atoms with E-state index in [1.54, 1.807) is 12.0 Å². The van der Waals surface area contributed by atoms with Crippen molar-refractivity contribution in [3.05, 3.63) is 34.7 Å². The number of thiocarbonyl (C=S) groups is 1. The lowest BCUT2D eigenvalue weighted by Gasteiger charge is -2.11. The second-order valence-corrected chi connectivity index (χ2v) is 5.79. The van der Waals surface area contributed by atoms with Gasteiger partial charge in [-0.05, 0) is 30.2 Å². The molecule has 1 aliphatic rings. The smallest absolute Gasteiger partial charge is 0.266 e. The lowest BCUT2D eigenvalue weighted by molar-refractivity contribution is -0.122. The van der Waals surface area contributed by atoms with Crippen LogP contribution in [0.15, 0.2) is 29.2 Å². The van der Waals surface area contributed by atoms with Gasteiger partial charge in [-0.15, -0.1) is 0 Å². The fourth-order valence-corrected chi connectivity index (χ4v) is 3.11. The lowest BCUT2D eigenvalue weighted by Crippen LogP contribution is -2.28. The lowest BCUT2D eigenvalue weighted by atomic mass is 10.2. The van der Waals surface area contributed by atoms with E-state index in [4.69, 9.17) is 17.0 Å². The van der Waals surface area contributed by atoms with Crippen LogP contribution in [0.2, 0.25) is 0 Å². The van der Waals surface area contributed by atoms with Crippen LogP contribution >= 0.6 is 24.0 Å². The zero-order valence-electron chi connectivity index (χ0n) is 10.9. The molecule has 1 aliphatic heterocycles. The predicted molar refractivity (Wildman–Crippen MR) is 83.2 cm³/mol. The summed E-state index contributed by atoms with van der Waals surface area (Å²) in [4.78, 5) is 14.5. The Morgan fingerprint density at radius 2 is 2.26 bits per heavy atom. The molecule has 0 bridgehead atoms. The number of ether oxygens (including phenoxy) is 1. The summed E-state index contributed by atoms with van der Waals surface area (Å²) in [5.74, 6) is 0.775. The van der Waals surface area contributed by atoms with E-state index in [1.807, 2.05) is 37.3 Å². The number of benzene rings is 1. The van der Waals surface area contributed by atoms with Gasteiger partial charge in [0.15, 0.2) is 0 Å². The van der Waals surface area contributed by atoms with Gasteiger partial charge in [0.05, 0.1) is 12.0 Å². The van der Waals surface area contributed by atoms with Gasteiger partial charge >= 0.3 is 0 Å². The van der Waals surface area contributed by atoms with Crippen molar-refractivity contribution in [1.29, 1.82) is 0 Å². The molecule has 1 heterocycles. The quantitative estimate of drug-likeness (QED) is 0.629. The summed E-state index contributed by atoms with van der Waals surface area (Å²) < 4.78 is 5.81. The molecule has 2 rings (SSSR count). The Kier molecular flexibility index (Phi) is 4.61. The van der Waals surface area contributed by atoms with Crippen LogP contribution in [0.5, 0.6) is 5.75 Å². The number of carbonyl (C=O) groups is 1. The monoisotopic (exact) mass is 293 g/mol. The van der Waals surface area contributed by atoms with Gasteiger partial charge in [-0.25, -0.2) is 0 Å². The third-order valence-electron chi connectivity index (χ3n) is 2.71.